The van der Waals surface area contributed by atoms with E-state index in [0.717, 1.165) is 73.0 Å². The standard InChI is InChI=1S/C35H24N2O/c1-18-21-10-2-3-11-23(21)31-29-19(8-6-14-22(18)29)16-27(33(31)36)28-17-20-9-7-15-26-30(20)32(34(28)37)24-12-4-5-13-25(24)35(26)38/h2-13,15-17,22H,1,14,36-37H2. The Kier molecular flexibility index (Phi) is 4.09. The number of ketones is 1. The summed E-state index contributed by atoms with van der Waals surface area (Å²) in [5, 5.41) is 1.90. The van der Waals surface area contributed by atoms with Gasteiger partial charge in [0.15, 0.2) is 5.78 Å². The molecule has 1 unspecified atom stereocenters. The van der Waals surface area contributed by atoms with Crippen LogP contribution in [0.5, 0.6) is 0 Å². The minimum atomic E-state index is 0.0385. The van der Waals surface area contributed by atoms with E-state index >= 15 is 0 Å². The molecule has 0 bridgehead atoms. The summed E-state index contributed by atoms with van der Waals surface area (Å²) >= 11 is 0. The Morgan fingerprint density at radius 3 is 2.11 bits per heavy atom. The minimum Gasteiger partial charge on any atom is -0.398 e. The summed E-state index contributed by atoms with van der Waals surface area (Å²) in [6.07, 6.45) is 5.35. The quantitative estimate of drug-likeness (QED) is 0.230. The molecule has 0 aromatic heterocycles. The van der Waals surface area contributed by atoms with Crippen LogP contribution >= 0.6 is 0 Å². The van der Waals surface area contributed by atoms with Gasteiger partial charge in [-0.15, -0.1) is 0 Å². The summed E-state index contributed by atoms with van der Waals surface area (Å²) in [5.41, 5.74) is 27.5. The Bertz CT molecular complexity index is 1960. The van der Waals surface area contributed by atoms with E-state index in [4.69, 9.17) is 11.5 Å². The van der Waals surface area contributed by atoms with Crippen molar-refractivity contribution in [3.05, 3.63) is 119 Å². The van der Waals surface area contributed by atoms with Crippen LogP contribution < -0.4 is 11.5 Å². The van der Waals surface area contributed by atoms with Crippen LogP contribution in [0.3, 0.4) is 0 Å². The second-order valence-electron chi connectivity index (χ2n) is 10.5. The second kappa shape index (κ2) is 7.33. The average Bonchev–Trinajstić information content (AvgIpc) is 2.95. The van der Waals surface area contributed by atoms with Gasteiger partial charge in [-0.3, -0.25) is 4.79 Å². The van der Waals surface area contributed by atoms with Crippen LogP contribution in [0.1, 0.15) is 45.0 Å². The predicted molar refractivity (Wildman–Crippen MR) is 158 cm³/mol. The molecule has 1 atom stereocenters. The summed E-state index contributed by atoms with van der Waals surface area (Å²) in [6, 6.07) is 26.4. The molecule has 0 spiro atoms. The molecule has 3 nitrogen and oxygen atoms in total. The number of nitrogen functional groups attached to an aromatic ring is 2. The number of benzene rings is 5. The van der Waals surface area contributed by atoms with Crippen molar-refractivity contribution in [1.82, 2.24) is 0 Å². The van der Waals surface area contributed by atoms with E-state index in [2.05, 4.69) is 61.2 Å². The Labute approximate surface area is 220 Å². The maximum Gasteiger partial charge on any atom is 0.194 e. The first-order valence-corrected chi connectivity index (χ1v) is 13.0. The number of nitrogens with two attached hydrogens (primary N) is 2. The Morgan fingerprint density at radius 2 is 1.32 bits per heavy atom. The number of rotatable bonds is 1. The van der Waals surface area contributed by atoms with Crippen LogP contribution in [-0.2, 0) is 0 Å². The molecule has 38 heavy (non-hydrogen) atoms. The van der Waals surface area contributed by atoms with Crippen molar-refractivity contribution >= 4 is 39.6 Å². The van der Waals surface area contributed by atoms with Gasteiger partial charge in [-0.2, -0.15) is 0 Å². The minimum absolute atomic E-state index is 0.0385. The number of carbonyl (C=O) groups is 1. The average molecular weight is 489 g/mol. The van der Waals surface area contributed by atoms with Crippen LogP contribution in [0.15, 0.2) is 91.5 Å². The number of carbonyl (C=O) groups excluding carboxylic acids is 1. The molecule has 0 heterocycles. The molecule has 3 heteroatoms. The molecule has 0 radical (unpaired) electrons. The molecule has 8 rings (SSSR count). The molecule has 0 amide bonds. The van der Waals surface area contributed by atoms with Gasteiger partial charge >= 0.3 is 0 Å². The van der Waals surface area contributed by atoms with Gasteiger partial charge in [0.2, 0.25) is 0 Å². The van der Waals surface area contributed by atoms with E-state index in [1.165, 1.54) is 5.56 Å². The molecule has 5 aromatic carbocycles. The van der Waals surface area contributed by atoms with Crippen LogP contribution in [0.4, 0.5) is 11.4 Å². The summed E-state index contributed by atoms with van der Waals surface area (Å²) < 4.78 is 0. The van der Waals surface area contributed by atoms with Gasteiger partial charge in [0, 0.05) is 56.1 Å². The van der Waals surface area contributed by atoms with E-state index in [1.807, 2.05) is 36.4 Å². The number of anilines is 2. The van der Waals surface area contributed by atoms with Crippen molar-refractivity contribution in [2.24, 2.45) is 0 Å². The van der Waals surface area contributed by atoms with Crippen molar-refractivity contribution in [2.45, 2.75) is 12.3 Å². The molecular formula is C35H24N2O. The fourth-order valence-electron chi connectivity index (χ4n) is 6.90. The summed E-state index contributed by atoms with van der Waals surface area (Å²) in [7, 11) is 0. The third-order valence-corrected chi connectivity index (χ3v) is 8.60. The summed E-state index contributed by atoms with van der Waals surface area (Å²) in [5.74, 6) is 0.253. The van der Waals surface area contributed by atoms with E-state index < -0.39 is 0 Å². The number of fused-ring (bicyclic) bond motifs is 4. The SMILES string of the molecule is C=C1c2ccccc2-c2c(N)c(-c3cc4cccc5c4c(c3N)-c3ccccc3C5=O)cc3c2C1CC=C3. The summed E-state index contributed by atoms with van der Waals surface area (Å²) in [6.45, 7) is 4.48. The monoisotopic (exact) mass is 488 g/mol. The topological polar surface area (TPSA) is 69.1 Å². The zero-order valence-corrected chi connectivity index (χ0v) is 20.7. The molecule has 3 aliphatic rings. The maximum absolute atomic E-state index is 13.4. The first-order valence-electron chi connectivity index (χ1n) is 13.0. The van der Waals surface area contributed by atoms with E-state index in [9.17, 15) is 4.79 Å². The highest BCUT2D eigenvalue weighted by Crippen LogP contribution is 2.56. The predicted octanol–water partition coefficient (Wildman–Crippen LogP) is 8.08. The number of allylic oxidation sites excluding steroid dienone is 2. The highest BCUT2D eigenvalue weighted by atomic mass is 16.1. The van der Waals surface area contributed by atoms with Gasteiger partial charge in [-0.1, -0.05) is 85.5 Å². The molecule has 0 aliphatic heterocycles. The van der Waals surface area contributed by atoms with Crippen molar-refractivity contribution in [1.29, 1.82) is 0 Å². The molecule has 180 valence electrons. The third-order valence-electron chi connectivity index (χ3n) is 8.60. The van der Waals surface area contributed by atoms with Crippen LogP contribution in [0.25, 0.3) is 55.8 Å². The zero-order valence-electron chi connectivity index (χ0n) is 20.7. The highest BCUT2D eigenvalue weighted by Gasteiger charge is 2.34. The van der Waals surface area contributed by atoms with Gasteiger partial charge in [0.25, 0.3) is 0 Å². The molecule has 5 aromatic rings. The van der Waals surface area contributed by atoms with Crippen molar-refractivity contribution in [3.8, 4) is 33.4 Å². The van der Waals surface area contributed by atoms with Gasteiger partial charge in [-0.25, -0.2) is 0 Å². The molecule has 0 fully saturated rings. The van der Waals surface area contributed by atoms with Gasteiger partial charge in [-0.05, 0) is 57.3 Å². The van der Waals surface area contributed by atoms with Crippen molar-refractivity contribution < 1.29 is 4.79 Å². The van der Waals surface area contributed by atoms with Crippen LogP contribution in [-0.4, -0.2) is 5.78 Å². The van der Waals surface area contributed by atoms with E-state index in [-0.39, 0.29) is 11.7 Å². The lowest BCUT2D eigenvalue weighted by atomic mass is 9.69. The lowest BCUT2D eigenvalue weighted by molar-refractivity contribution is 0.104. The smallest absolute Gasteiger partial charge is 0.194 e. The molecule has 3 aliphatic carbocycles. The number of hydrogen-bond acceptors (Lipinski definition) is 3. The summed E-state index contributed by atoms with van der Waals surface area (Å²) in [4.78, 5) is 13.4. The molecular weight excluding hydrogens is 464 g/mol. The van der Waals surface area contributed by atoms with Crippen molar-refractivity contribution in [3.63, 3.8) is 0 Å². The van der Waals surface area contributed by atoms with E-state index in [1.54, 1.807) is 0 Å². The fraction of sp³-hybridized carbons (Fsp3) is 0.0571. The third kappa shape index (κ3) is 2.55. The second-order valence-corrected chi connectivity index (χ2v) is 10.5. The normalized spacial score (nSPS) is 16.3. The first kappa shape index (κ1) is 21.2. The Morgan fingerprint density at radius 1 is 0.684 bits per heavy atom. The molecule has 0 saturated heterocycles. The van der Waals surface area contributed by atoms with Crippen LogP contribution in [0, 0.1) is 0 Å². The molecule has 4 N–H and O–H groups in total. The lowest BCUT2D eigenvalue weighted by Crippen LogP contribution is -2.16. The highest BCUT2D eigenvalue weighted by molar-refractivity contribution is 6.28. The van der Waals surface area contributed by atoms with E-state index in [0.29, 0.717) is 16.8 Å². The Balaban J connectivity index is 1.49. The van der Waals surface area contributed by atoms with Crippen molar-refractivity contribution in [2.75, 3.05) is 11.5 Å². The van der Waals surface area contributed by atoms with Gasteiger partial charge in [0.1, 0.15) is 0 Å². The Hall–Kier alpha value is -4.89. The molecule has 0 saturated carbocycles. The zero-order chi connectivity index (χ0) is 25.7. The largest absolute Gasteiger partial charge is 0.398 e. The fourth-order valence-corrected chi connectivity index (χ4v) is 6.90. The van der Waals surface area contributed by atoms with Crippen LogP contribution in [0.2, 0.25) is 0 Å². The lowest BCUT2D eigenvalue weighted by Gasteiger charge is -2.35. The van der Waals surface area contributed by atoms with Gasteiger partial charge in [0.05, 0.1) is 0 Å². The maximum atomic E-state index is 13.4. The van der Waals surface area contributed by atoms with Gasteiger partial charge < -0.3 is 11.5 Å². The first-order chi connectivity index (χ1) is 18.5. The number of hydrogen-bond donors (Lipinski definition) is 2.